The first kappa shape index (κ1) is 18.3. The minimum absolute atomic E-state index is 0.219. The van der Waals surface area contributed by atoms with Gasteiger partial charge in [-0.3, -0.25) is 9.36 Å². The first-order valence-electron chi connectivity index (χ1n) is 7.89. The van der Waals surface area contributed by atoms with Crippen molar-refractivity contribution in [3.05, 3.63) is 57.3 Å². The Hall–Kier alpha value is -2.49. The Morgan fingerprint density at radius 2 is 2.08 bits per heavy atom. The van der Waals surface area contributed by atoms with Crippen LogP contribution in [-0.4, -0.2) is 21.9 Å². The molecule has 1 atom stereocenters. The van der Waals surface area contributed by atoms with Crippen molar-refractivity contribution in [3.8, 4) is 17.5 Å². The number of fused-ring (bicyclic) bond motifs is 1. The van der Waals surface area contributed by atoms with Crippen LogP contribution in [0.1, 0.15) is 12.5 Å². The van der Waals surface area contributed by atoms with Crippen LogP contribution < -0.4 is 10.3 Å². The molecule has 0 amide bonds. The van der Waals surface area contributed by atoms with E-state index in [-0.39, 0.29) is 10.8 Å². The molecule has 3 aromatic rings. The largest absolute Gasteiger partial charge is 0.495 e. The first-order chi connectivity index (χ1) is 12.5. The van der Waals surface area contributed by atoms with Crippen molar-refractivity contribution in [2.24, 2.45) is 0 Å². The van der Waals surface area contributed by atoms with E-state index in [0.717, 1.165) is 5.56 Å². The van der Waals surface area contributed by atoms with E-state index in [0.29, 0.717) is 32.5 Å². The summed E-state index contributed by atoms with van der Waals surface area (Å²) >= 11 is 7.43. The number of aromatic nitrogens is 2. The van der Waals surface area contributed by atoms with Gasteiger partial charge in [-0.1, -0.05) is 35.5 Å². The average molecular weight is 386 g/mol. The normalized spacial score (nSPS) is 12.0. The molecule has 7 heteroatoms. The molecule has 26 heavy (non-hydrogen) atoms. The van der Waals surface area contributed by atoms with Gasteiger partial charge in [-0.2, -0.15) is 5.26 Å². The van der Waals surface area contributed by atoms with Crippen molar-refractivity contribution in [1.82, 2.24) is 9.55 Å². The summed E-state index contributed by atoms with van der Waals surface area (Å²) in [4.78, 5) is 17.8. The maximum atomic E-state index is 13.2. The van der Waals surface area contributed by atoms with Crippen molar-refractivity contribution in [1.29, 1.82) is 5.26 Å². The number of hydrogen-bond donors (Lipinski definition) is 0. The van der Waals surface area contributed by atoms with E-state index in [1.807, 2.05) is 13.0 Å². The van der Waals surface area contributed by atoms with E-state index in [4.69, 9.17) is 16.3 Å². The quantitative estimate of drug-likeness (QED) is 0.493. The number of nitrogens with zero attached hydrogens (tertiary/aromatic N) is 3. The highest BCUT2D eigenvalue weighted by atomic mass is 35.5. The highest BCUT2D eigenvalue weighted by molar-refractivity contribution is 8.00. The zero-order valence-corrected chi connectivity index (χ0v) is 16.1. The Labute approximate surface area is 160 Å². The molecule has 1 heterocycles. The maximum absolute atomic E-state index is 13.2. The van der Waals surface area contributed by atoms with Gasteiger partial charge in [-0.05, 0) is 37.6 Å². The van der Waals surface area contributed by atoms with E-state index in [1.165, 1.54) is 23.4 Å². The highest BCUT2D eigenvalue weighted by Gasteiger charge is 2.19. The van der Waals surface area contributed by atoms with Gasteiger partial charge < -0.3 is 4.74 Å². The van der Waals surface area contributed by atoms with Gasteiger partial charge in [-0.25, -0.2) is 4.98 Å². The molecule has 0 aliphatic carbocycles. The van der Waals surface area contributed by atoms with Crippen molar-refractivity contribution in [3.63, 3.8) is 0 Å². The zero-order valence-electron chi connectivity index (χ0n) is 14.5. The Morgan fingerprint density at radius 3 is 2.77 bits per heavy atom. The second kappa shape index (κ2) is 7.40. The number of methoxy groups -OCH3 is 1. The topological polar surface area (TPSA) is 67.9 Å². The average Bonchev–Trinajstić information content (AvgIpc) is 2.64. The lowest BCUT2D eigenvalue weighted by atomic mass is 10.2. The molecule has 0 aliphatic rings. The number of hydrogen-bond acceptors (Lipinski definition) is 5. The van der Waals surface area contributed by atoms with Crippen molar-refractivity contribution < 1.29 is 4.74 Å². The van der Waals surface area contributed by atoms with Crippen LogP contribution in [0, 0.1) is 18.3 Å². The molecule has 132 valence electrons. The van der Waals surface area contributed by atoms with Gasteiger partial charge in [0.25, 0.3) is 5.56 Å². The number of rotatable bonds is 4. The van der Waals surface area contributed by atoms with Crippen LogP contribution in [-0.2, 0) is 0 Å². The molecule has 0 aliphatic heterocycles. The number of nitriles is 1. The van der Waals surface area contributed by atoms with Gasteiger partial charge in [-0.15, -0.1) is 0 Å². The molecule has 0 N–H and O–H groups in total. The van der Waals surface area contributed by atoms with Crippen LogP contribution in [0.3, 0.4) is 0 Å². The maximum Gasteiger partial charge on any atom is 0.266 e. The summed E-state index contributed by atoms with van der Waals surface area (Å²) in [5, 5.41) is 10.3. The molecule has 0 bridgehead atoms. The van der Waals surface area contributed by atoms with Gasteiger partial charge >= 0.3 is 0 Å². The molecular weight excluding hydrogens is 370 g/mol. The van der Waals surface area contributed by atoms with Gasteiger partial charge in [0.15, 0.2) is 5.16 Å². The Kier molecular flexibility index (Phi) is 5.21. The van der Waals surface area contributed by atoms with Gasteiger partial charge in [0.05, 0.1) is 35.0 Å². The zero-order chi connectivity index (χ0) is 18.8. The van der Waals surface area contributed by atoms with Gasteiger partial charge in [0.2, 0.25) is 0 Å². The van der Waals surface area contributed by atoms with Crippen LogP contribution in [0.2, 0.25) is 5.02 Å². The molecule has 3 rings (SSSR count). The van der Waals surface area contributed by atoms with Crippen LogP contribution >= 0.6 is 23.4 Å². The van der Waals surface area contributed by atoms with Gasteiger partial charge in [0, 0.05) is 11.1 Å². The van der Waals surface area contributed by atoms with Crippen LogP contribution in [0.4, 0.5) is 0 Å². The first-order valence-corrected chi connectivity index (χ1v) is 9.14. The number of halogens is 1. The fraction of sp³-hybridized carbons (Fsp3) is 0.211. The van der Waals surface area contributed by atoms with Crippen LogP contribution in [0.25, 0.3) is 16.6 Å². The fourth-order valence-corrected chi connectivity index (χ4v) is 3.53. The summed E-state index contributed by atoms with van der Waals surface area (Å²) in [5.41, 5.74) is 1.73. The molecule has 0 spiro atoms. The lowest BCUT2D eigenvalue weighted by Crippen LogP contribution is -2.23. The van der Waals surface area contributed by atoms with Crippen molar-refractivity contribution >= 4 is 34.3 Å². The smallest absolute Gasteiger partial charge is 0.266 e. The monoisotopic (exact) mass is 385 g/mol. The molecule has 5 nitrogen and oxygen atoms in total. The summed E-state index contributed by atoms with van der Waals surface area (Å²) in [6.45, 7) is 3.62. The summed E-state index contributed by atoms with van der Waals surface area (Å²) in [5.74, 6) is 0.464. The highest BCUT2D eigenvalue weighted by Crippen LogP contribution is 2.32. The third kappa shape index (κ3) is 3.28. The van der Waals surface area contributed by atoms with Crippen LogP contribution in [0.5, 0.6) is 5.75 Å². The second-order valence-corrected chi connectivity index (χ2v) is 7.43. The molecule has 0 fully saturated rings. The van der Waals surface area contributed by atoms with Gasteiger partial charge in [0.1, 0.15) is 5.75 Å². The van der Waals surface area contributed by atoms with E-state index in [2.05, 4.69) is 11.1 Å². The molecule has 0 saturated carbocycles. The second-order valence-electron chi connectivity index (χ2n) is 5.71. The minimum atomic E-state index is -0.367. The van der Waals surface area contributed by atoms with E-state index in [9.17, 15) is 10.1 Å². The number of para-hydroxylation sites is 1. The number of aryl methyl sites for hydroxylation is 1. The SMILES string of the molecule is COc1cc(Cl)c(C)cc1-n1c(S[C@@H](C)C#N)nc2ccccc2c1=O. The van der Waals surface area contributed by atoms with E-state index >= 15 is 0 Å². The van der Waals surface area contributed by atoms with Crippen molar-refractivity contribution in [2.75, 3.05) is 7.11 Å². The summed E-state index contributed by atoms with van der Waals surface area (Å²) in [6.07, 6.45) is 0. The molecule has 0 unspecified atom stereocenters. The van der Waals surface area contributed by atoms with Crippen molar-refractivity contribution in [2.45, 2.75) is 24.3 Å². The fourth-order valence-electron chi connectivity index (χ4n) is 2.57. The number of benzene rings is 2. The van der Waals surface area contributed by atoms with E-state index in [1.54, 1.807) is 37.3 Å². The molecule has 1 aromatic heterocycles. The third-order valence-electron chi connectivity index (χ3n) is 3.91. The predicted octanol–water partition coefficient (Wildman–Crippen LogP) is 4.36. The molecular formula is C19H16ClN3O2S. The summed E-state index contributed by atoms with van der Waals surface area (Å²) in [6, 6.07) is 12.8. The summed E-state index contributed by atoms with van der Waals surface area (Å²) in [7, 11) is 1.52. The third-order valence-corrected chi connectivity index (χ3v) is 5.26. The molecule has 0 radical (unpaired) electrons. The standard InChI is InChI=1S/C19H16ClN3O2S/c1-11-8-16(17(25-3)9-14(11)20)23-18(24)13-6-4-5-7-15(13)22-19(23)26-12(2)10-21/h4-9,12H,1-3H3/t12-/m0/s1. The predicted molar refractivity (Wildman–Crippen MR) is 105 cm³/mol. The Balaban J connectivity index is 2.39. The molecule has 2 aromatic carbocycles. The number of ether oxygens (including phenoxy) is 1. The Bertz CT molecular complexity index is 1090. The lowest BCUT2D eigenvalue weighted by molar-refractivity contribution is 0.411. The van der Waals surface area contributed by atoms with E-state index < -0.39 is 0 Å². The number of thioether (sulfide) groups is 1. The van der Waals surface area contributed by atoms with Crippen LogP contribution in [0.15, 0.2) is 46.3 Å². The lowest BCUT2D eigenvalue weighted by Gasteiger charge is -2.17. The Morgan fingerprint density at radius 1 is 1.35 bits per heavy atom. The summed E-state index contributed by atoms with van der Waals surface area (Å²) < 4.78 is 6.93. The molecule has 0 saturated heterocycles. The minimum Gasteiger partial charge on any atom is -0.495 e.